The SMILES string of the molecule is CCN(CC)C(=O)CCCN1CCN(C(C)C(=O)O)CC1. The van der Waals surface area contributed by atoms with Crippen LogP contribution in [-0.4, -0.2) is 83.5 Å². The van der Waals surface area contributed by atoms with Crippen LogP contribution in [0.5, 0.6) is 0 Å². The van der Waals surface area contributed by atoms with Gasteiger partial charge in [0.1, 0.15) is 6.04 Å². The van der Waals surface area contributed by atoms with Crippen molar-refractivity contribution < 1.29 is 14.7 Å². The molecule has 1 unspecified atom stereocenters. The Hall–Kier alpha value is -1.14. The van der Waals surface area contributed by atoms with E-state index in [0.717, 1.165) is 52.2 Å². The van der Waals surface area contributed by atoms with E-state index in [1.165, 1.54) is 0 Å². The van der Waals surface area contributed by atoms with Crippen LogP contribution in [0, 0.1) is 0 Å². The average Bonchev–Trinajstić information content (AvgIpc) is 2.48. The van der Waals surface area contributed by atoms with Gasteiger partial charge < -0.3 is 14.9 Å². The summed E-state index contributed by atoms with van der Waals surface area (Å²) in [4.78, 5) is 29.0. The monoisotopic (exact) mass is 299 g/mol. The zero-order valence-corrected chi connectivity index (χ0v) is 13.5. The number of hydrogen-bond acceptors (Lipinski definition) is 4. The smallest absolute Gasteiger partial charge is 0.320 e. The molecule has 1 amide bonds. The van der Waals surface area contributed by atoms with Gasteiger partial charge in [-0.15, -0.1) is 0 Å². The summed E-state index contributed by atoms with van der Waals surface area (Å²) in [5, 5.41) is 9.00. The Morgan fingerprint density at radius 1 is 1.14 bits per heavy atom. The van der Waals surface area contributed by atoms with Crippen LogP contribution < -0.4 is 0 Å². The number of carboxylic acids is 1. The zero-order valence-electron chi connectivity index (χ0n) is 13.5. The van der Waals surface area contributed by atoms with Gasteiger partial charge in [-0.25, -0.2) is 0 Å². The van der Waals surface area contributed by atoms with E-state index in [0.29, 0.717) is 6.42 Å². The van der Waals surface area contributed by atoms with Gasteiger partial charge in [0.15, 0.2) is 0 Å². The molecule has 0 aliphatic carbocycles. The second kappa shape index (κ2) is 9.00. The lowest BCUT2D eigenvalue weighted by Crippen LogP contribution is -2.51. The molecule has 0 saturated carbocycles. The molecule has 122 valence electrons. The summed E-state index contributed by atoms with van der Waals surface area (Å²) in [7, 11) is 0. The van der Waals surface area contributed by atoms with Crippen molar-refractivity contribution >= 4 is 11.9 Å². The van der Waals surface area contributed by atoms with Crippen molar-refractivity contribution in [2.24, 2.45) is 0 Å². The molecule has 1 aliphatic rings. The number of nitrogens with zero attached hydrogens (tertiary/aromatic N) is 3. The summed E-state index contributed by atoms with van der Waals surface area (Å²) in [6.45, 7) is 11.6. The van der Waals surface area contributed by atoms with Crippen molar-refractivity contribution in [3.8, 4) is 0 Å². The van der Waals surface area contributed by atoms with Crippen LogP contribution in [0.25, 0.3) is 0 Å². The molecule has 1 aliphatic heterocycles. The number of carbonyl (C=O) groups excluding carboxylic acids is 1. The Labute approximate surface area is 127 Å². The van der Waals surface area contributed by atoms with Crippen molar-refractivity contribution in [3.63, 3.8) is 0 Å². The van der Waals surface area contributed by atoms with Crippen LogP contribution in [-0.2, 0) is 9.59 Å². The van der Waals surface area contributed by atoms with Gasteiger partial charge in [0.05, 0.1) is 0 Å². The van der Waals surface area contributed by atoms with Crippen LogP contribution in [0.1, 0.15) is 33.6 Å². The average molecular weight is 299 g/mol. The van der Waals surface area contributed by atoms with Gasteiger partial charge in [0.2, 0.25) is 5.91 Å². The van der Waals surface area contributed by atoms with Gasteiger partial charge in [-0.1, -0.05) is 0 Å². The van der Waals surface area contributed by atoms with E-state index in [1.54, 1.807) is 6.92 Å². The lowest BCUT2D eigenvalue weighted by Gasteiger charge is -2.36. The van der Waals surface area contributed by atoms with Crippen LogP contribution >= 0.6 is 0 Å². The summed E-state index contributed by atoms with van der Waals surface area (Å²) in [5.74, 6) is -0.522. The molecule has 0 bridgehead atoms. The van der Waals surface area contributed by atoms with E-state index in [4.69, 9.17) is 5.11 Å². The molecular formula is C15H29N3O3. The number of aliphatic carboxylic acids is 1. The molecule has 1 atom stereocenters. The number of carboxylic acid groups (broad SMARTS) is 1. The number of hydrogen-bond donors (Lipinski definition) is 1. The molecule has 0 spiro atoms. The predicted molar refractivity (Wildman–Crippen MR) is 82.3 cm³/mol. The van der Waals surface area contributed by atoms with Crippen LogP contribution in [0.2, 0.25) is 0 Å². The summed E-state index contributed by atoms with van der Waals surface area (Å²) in [6, 6.07) is -0.406. The molecular weight excluding hydrogens is 270 g/mol. The minimum atomic E-state index is -0.756. The minimum absolute atomic E-state index is 0.234. The Morgan fingerprint density at radius 3 is 2.19 bits per heavy atom. The second-order valence-electron chi connectivity index (χ2n) is 5.56. The van der Waals surface area contributed by atoms with E-state index in [9.17, 15) is 9.59 Å². The molecule has 0 aromatic rings. The normalized spacial score (nSPS) is 18.4. The highest BCUT2D eigenvalue weighted by atomic mass is 16.4. The Morgan fingerprint density at radius 2 is 1.71 bits per heavy atom. The van der Waals surface area contributed by atoms with Crippen molar-refractivity contribution in [2.75, 3.05) is 45.8 Å². The maximum absolute atomic E-state index is 11.9. The zero-order chi connectivity index (χ0) is 15.8. The molecule has 6 heteroatoms. The largest absolute Gasteiger partial charge is 0.480 e. The lowest BCUT2D eigenvalue weighted by molar-refractivity contribution is -0.143. The van der Waals surface area contributed by atoms with Crippen molar-refractivity contribution in [1.29, 1.82) is 0 Å². The highest BCUT2D eigenvalue weighted by Crippen LogP contribution is 2.08. The Kier molecular flexibility index (Phi) is 7.67. The summed E-state index contributed by atoms with van der Waals surface area (Å²) in [5.41, 5.74) is 0. The topological polar surface area (TPSA) is 64.1 Å². The van der Waals surface area contributed by atoms with Gasteiger partial charge in [-0.2, -0.15) is 0 Å². The van der Waals surface area contributed by atoms with E-state index in [2.05, 4.69) is 4.90 Å². The van der Waals surface area contributed by atoms with Gasteiger partial charge in [0.25, 0.3) is 0 Å². The van der Waals surface area contributed by atoms with Crippen molar-refractivity contribution in [3.05, 3.63) is 0 Å². The number of amides is 1. The maximum atomic E-state index is 11.9. The molecule has 0 aromatic heterocycles. The first-order valence-electron chi connectivity index (χ1n) is 7.96. The third-order valence-electron chi connectivity index (χ3n) is 4.29. The summed E-state index contributed by atoms with van der Waals surface area (Å²) < 4.78 is 0. The summed E-state index contributed by atoms with van der Waals surface area (Å²) >= 11 is 0. The van der Waals surface area contributed by atoms with E-state index in [-0.39, 0.29) is 5.91 Å². The molecule has 1 rings (SSSR count). The van der Waals surface area contributed by atoms with Crippen LogP contribution in [0.3, 0.4) is 0 Å². The van der Waals surface area contributed by atoms with Gasteiger partial charge >= 0.3 is 5.97 Å². The number of rotatable bonds is 8. The standard InChI is InChI=1S/C15H29N3O3/c1-4-17(5-2)14(19)7-6-8-16-9-11-18(12-10-16)13(3)15(20)21/h13H,4-12H2,1-3H3,(H,20,21). The quantitative estimate of drug-likeness (QED) is 0.716. The Bertz CT molecular complexity index is 337. The molecule has 1 heterocycles. The number of piperazine rings is 1. The van der Waals surface area contributed by atoms with Gasteiger partial charge in [-0.3, -0.25) is 14.5 Å². The van der Waals surface area contributed by atoms with E-state index < -0.39 is 12.0 Å². The van der Waals surface area contributed by atoms with Crippen molar-refractivity contribution in [1.82, 2.24) is 14.7 Å². The first kappa shape index (κ1) is 17.9. The first-order chi connectivity index (χ1) is 9.99. The molecule has 6 nitrogen and oxygen atoms in total. The highest BCUT2D eigenvalue weighted by Gasteiger charge is 2.24. The summed E-state index contributed by atoms with van der Waals surface area (Å²) in [6.07, 6.45) is 1.48. The predicted octanol–water partition coefficient (Wildman–Crippen LogP) is 0.726. The third-order valence-corrected chi connectivity index (χ3v) is 4.29. The molecule has 0 radical (unpaired) electrons. The molecule has 1 fully saturated rings. The number of carbonyl (C=O) groups is 2. The first-order valence-corrected chi connectivity index (χ1v) is 7.96. The van der Waals surface area contributed by atoms with Crippen LogP contribution in [0.15, 0.2) is 0 Å². The third kappa shape index (κ3) is 5.63. The molecule has 1 saturated heterocycles. The minimum Gasteiger partial charge on any atom is -0.480 e. The second-order valence-corrected chi connectivity index (χ2v) is 5.56. The fraction of sp³-hybridized carbons (Fsp3) is 0.867. The van der Waals surface area contributed by atoms with Gasteiger partial charge in [0, 0.05) is 45.7 Å². The fourth-order valence-corrected chi connectivity index (χ4v) is 2.72. The lowest BCUT2D eigenvalue weighted by atomic mass is 10.2. The molecule has 1 N–H and O–H groups in total. The van der Waals surface area contributed by atoms with E-state index in [1.807, 2.05) is 23.6 Å². The fourth-order valence-electron chi connectivity index (χ4n) is 2.72. The van der Waals surface area contributed by atoms with E-state index >= 15 is 0 Å². The highest BCUT2D eigenvalue weighted by molar-refractivity contribution is 5.76. The van der Waals surface area contributed by atoms with Gasteiger partial charge in [-0.05, 0) is 33.7 Å². The molecule has 0 aromatic carbocycles. The van der Waals surface area contributed by atoms with Crippen molar-refractivity contribution in [2.45, 2.75) is 39.7 Å². The van der Waals surface area contributed by atoms with Crippen LogP contribution in [0.4, 0.5) is 0 Å². The molecule has 21 heavy (non-hydrogen) atoms. The maximum Gasteiger partial charge on any atom is 0.320 e. The Balaban J connectivity index is 2.22.